The molecular formula is C20H33N3O2. The van der Waals surface area contributed by atoms with Gasteiger partial charge in [0.2, 0.25) is 0 Å². The van der Waals surface area contributed by atoms with E-state index in [0.29, 0.717) is 6.54 Å². The number of hydrogen-bond donors (Lipinski definition) is 2. The zero-order valence-electron chi connectivity index (χ0n) is 16.1. The van der Waals surface area contributed by atoms with Crippen LogP contribution in [-0.2, 0) is 15.9 Å². The van der Waals surface area contributed by atoms with Crippen LogP contribution in [0.2, 0.25) is 0 Å². The van der Waals surface area contributed by atoms with Gasteiger partial charge in [-0.25, -0.2) is 0 Å². The molecule has 2 rings (SSSR count). The minimum absolute atomic E-state index is 0.213. The normalized spacial score (nSPS) is 17.9. The highest BCUT2D eigenvalue weighted by atomic mass is 16.5. The highest BCUT2D eigenvalue weighted by Crippen LogP contribution is 2.32. The van der Waals surface area contributed by atoms with Gasteiger partial charge in [-0.05, 0) is 50.7 Å². The summed E-state index contributed by atoms with van der Waals surface area (Å²) in [5, 5.41) is 6.61. The van der Waals surface area contributed by atoms with Gasteiger partial charge >= 0.3 is 0 Å². The molecule has 1 aliphatic carbocycles. The SMILES string of the molecule is CN=C(NCCCOC1CCCc2ccccc21)NCC(C)(C)OC. The molecule has 5 heteroatoms. The Morgan fingerprint density at radius 3 is 2.84 bits per heavy atom. The minimum atomic E-state index is -0.213. The first kappa shape index (κ1) is 19.7. The van der Waals surface area contributed by atoms with Crippen LogP contribution in [0.3, 0.4) is 0 Å². The average Bonchev–Trinajstić information content (AvgIpc) is 2.64. The molecule has 1 aromatic rings. The second-order valence-corrected chi connectivity index (χ2v) is 7.12. The Kier molecular flexibility index (Phi) is 7.72. The van der Waals surface area contributed by atoms with E-state index in [2.05, 4.69) is 39.9 Å². The molecule has 140 valence electrons. The lowest BCUT2D eigenvalue weighted by Crippen LogP contribution is -2.45. The van der Waals surface area contributed by atoms with Crippen molar-refractivity contribution < 1.29 is 9.47 Å². The summed E-state index contributed by atoms with van der Waals surface area (Å²) in [6.07, 6.45) is 4.72. The molecule has 1 aliphatic rings. The fourth-order valence-electron chi connectivity index (χ4n) is 2.98. The molecule has 2 N–H and O–H groups in total. The van der Waals surface area contributed by atoms with E-state index >= 15 is 0 Å². The van der Waals surface area contributed by atoms with Gasteiger partial charge in [0.25, 0.3) is 0 Å². The van der Waals surface area contributed by atoms with Crippen molar-refractivity contribution in [2.24, 2.45) is 4.99 Å². The van der Waals surface area contributed by atoms with Crippen LogP contribution >= 0.6 is 0 Å². The molecule has 1 atom stereocenters. The maximum absolute atomic E-state index is 6.14. The second kappa shape index (κ2) is 9.78. The first-order chi connectivity index (χ1) is 12.1. The highest BCUT2D eigenvalue weighted by molar-refractivity contribution is 5.79. The zero-order chi connectivity index (χ0) is 18.1. The Bertz CT molecular complexity index is 558. The molecule has 0 amide bonds. The van der Waals surface area contributed by atoms with Crippen LogP contribution in [0.4, 0.5) is 0 Å². The predicted octanol–water partition coefficient (Wildman–Crippen LogP) is 3.06. The predicted molar refractivity (Wildman–Crippen MR) is 103 cm³/mol. The van der Waals surface area contributed by atoms with Crippen molar-refractivity contribution in [2.75, 3.05) is 33.9 Å². The lowest BCUT2D eigenvalue weighted by molar-refractivity contribution is 0.0267. The van der Waals surface area contributed by atoms with Crippen LogP contribution in [-0.4, -0.2) is 45.4 Å². The summed E-state index contributed by atoms with van der Waals surface area (Å²) >= 11 is 0. The largest absolute Gasteiger partial charge is 0.377 e. The van der Waals surface area contributed by atoms with Crippen molar-refractivity contribution in [2.45, 2.75) is 51.2 Å². The van der Waals surface area contributed by atoms with Crippen molar-refractivity contribution in [3.63, 3.8) is 0 Å². The van der Waals surface area contributed by atoms with E-state index in [1.807, 2.05) is 13.8 Å². The van der Waals surface area contributed by atoms with Crippen LogP contribution in [0.25, 0.3) is 0 Å². The summed E-state index contributed by atoms with van der Waals surface area (Å²) in [5.41, 5.74) is 2.61. The van der Waals surface area contributed by atoms with E-state index in [1.165, 1.54) is 24.0 Å². The molecular weight excluding hydrogens is 314 g/mol. The Labute approximate surface area is 152 Å². The minimum Gasteiger partial charge on any atom is -0.377 e. The van der Waals surface area contributed by atoms with Gasteiger partial charge < -0.3 is 20.1 Å². The Morgan fingerprint density at radius 1 is 1.28 bits per heavy atom. The number of nitrogens with zero attached hydrogens (tertiary/aromatic N) is 1. The summed E-state index contributed by atoms with van der Waals surface area (Å²) in [4.78, 5) is 4.24. The molecule has 0 fully saturated rings. The third-order valence-electron chi connectivity index (χ3n) is 4.70. The molecule has 0 heterocycles. The summed E-state index contributed by atoms with van der Waals surface area (Å²) in [5.74, 6) is 0.799. The summed E-state index contributed by atoms with van der Waals surface area (Å²) in [6.45, 7) is 6.39. The van der Waals surface area contributed by atoms with Gasteiger partial charge in [0.05, 0.1) is 11.7 Å². The zero-order valence-corrected chi connectivity index (χ0v) is 16.1. The molecule has 1 unspecified atom stereocenters. The summed E-state index contributed by atoms with van der Waals surface area (Å²) < 4.78 is 11.5. The molecule has 1 aromatic carbocycles. The number of aliphatic imine (C=N–C) groups is 1. The third-order valence-corrected chi connectivity index (χ3v) is 4.70. The van der Waals surface area contributed by atoms with Crippen molar-refractivity contribution in [1.29, 1.82) is 0 Å². The fraction of sp³-hybridized carbons (Fsp3) is 0.650. The molecule has 0 bridgehead atoms. The highest BCUT2D eigenvalue weighted by Gasteiger charge is 2.20. The van der Waals surface area contributed by atoms with Crippen LogP contribution in [0, 0.1) is 0 Å². The number of ether oxygens (including phenoxy) is 2. The molecule has 0 aromatic heterocycles. The molecule has 0 spiro atoms. The number of methoxy groups -OCH3 is 1. The number of nitrogens with one attached hydrogen (secondary N) is 2. The van der Waals surface area contributed by atoms with Crippen LogP contribution < -0.4 is 10.6 Å². The molecule has 0 saturated heterocycles. The van der Waals surface area contributed by atoms with Crippen LogP contribution in [0.5, 0.6) is 0 Å². The number of rotatable bonds is 8. The van der Waals surface area contributed by atoms with Crippen molar-refractivity contribution in [3.8, 4) is 0 Å². The number of fused-ring (bicyclic) bond motifs is 1. The van der Waals surface area contributed by atoms with Crippen molar-refractivity contribution in [3.05, 3.63) is 35.4 Å². The lowest BCUT2D eigenvalue weighted by Gasteiger charge is -2.26. The average molecular weight is 348 g/mol. The standard InChI is InChI=1S/C20H33N3O2/c1-20(2,24-4)15-23-19(21-3)22-13-8-14-25-18-12-7-10-16-9-5-6-11-17(16)18/h5-6,9,11,18H,7-8,10,12-15H2,1-4H3,(H2,21,22,23). The monoisotopic (exact) mass is 347 g/mol. The molecule has 5 nitrogen and oxygen atoms in total. The second-order valence-electron chi connectivity index (χ2n) is 7.12. The van der Waals surface area contributed by atoms with Crippen molar-refractivity contribution in [1.82, 2.24) is 10.6 Å². The summed E-state index contributed by atoms with van der Waals surface area (Å²) in [6, 6.07) is 8.66. The molecule has 0 saturated carbocycles. The van der Waals surface area contributed by atoms with Crippen molar-refractivity contribution >= 4 is 5.96 Å². The summed E-state index contributed by atoms with van der Waals surface area (Å²) in [7, 11) is 3.50. The molecule has 0 radical (unpaired) electrons. The molecule has 25 heavy (non-hydrogen) atoms. The third kappa shape index (κ3) is 6.33. The fourth-order valence-corrected chi connectivity index (χ4v) is 2.98. The Balaban J connectivity index is 1.66. The number of benzene rings is 1. The number of aryl methyl sites for hydroxylation is 1. The van der Waals surface area contributed by atoms with E-state index in [-0.39, 0.29) is 11.7 Å². The van der Waals surface area contributed by atoms with Gasteiger partial charge in [-0.15, -0.1) is 0 Å². The smallest absolute Gasteiger partial charge is 0.191 e. The topological polar surface area (TPSA) is 54.9 Å². The van der Waals surface area contributed by atoms with Crippen LogP contribution in [0.15, 0.2) is 29.3 Å². The van der Waals surface area contributed by atoms with Gasteiger partial charge in [-0.1, -0.05) is 24.3 Å². The van der Waals surface area contributed by atoms with E-state index in [4.69, 9.17) is 9.47 Å². The maximum Gasteiger partial charge on any atom is 0.191 e. The number of guanidine groups is 1. The van der Waals surface area contributed by atoms with E-state index in [0.717, 1.165) is 32.0 Å². The van der Waals surface area contributed by atoms with E-state index < -0.39 is 0 Å². The van der Waals surface area contributed by atoms with Gasteiger partial charge in [0, 0.05) is 33.9 Å². The van der Waals surface area contributed by atoms with Gasteiger partial charge in [-0.2, -0.15) is 0 Å². The maximum atomic E-state index is 6.14. The first-order valence-electron chi connectivity index (χ1n) is 9.25. The van der Waals surface area contributed by atoms with Gasteiger partial charge in [-0.3, -0.25) is 4.99 Å². The first-order valence-corrected chi connectivity index (χ1v) is 9.25. The number of hydrogen-bond acceptors (Lipinski definition) is 3. The Hall–Kier alpha value is -1.59. The van der Waals surface area contributed by atoms with E-state index in [9.17, 15) is 0 Å². The van der Waals surface area contributed by atoms with Crippen LogP contribution in [0.1, 0.15) is 50.3 Å². The van der Waals surface area contributed by atoms with Gasteiger partial charge in [0.1, 0.15) is 0 Å². The lowest BCUT2D eigenvalue weighted by atomic mass is 9.89. The quantitative estimate of drug-likeness (QED) is 0.431. The van der Waals surface area contributed by atoms with E-state index in [1.54, 1.807) is 14.2 Å². The Morgan fingerprint density at radius 2 is 2.08 bits per heavy atom. The van der Waals surface area contributed by atoms with Gasteiger partial charge in [0.15, 0.2) is 5.96 Å². The molecule has 0 aliphatic heterocycles.